The van der Waals surface area contributed by atoms with E-state index in [2.05, 4.69) is 10.6 Å². The van der Waals surface area contributed by atoms with Crippen LogP contribution in [0.25, 0.3) is 0 Å². The quantitative estimate of drug-likeness (QED) is 0.824. The van der Waals surface area contributed by atoms with Gasteiger partial charge in [0, 0.05) is 30.4 Å². The molecule has 2 aromatic carbocycles. The zero-order valence-corrected chi connectivity index (χ0v) is 16.0. The van der Waals surface area contributed by atoms with Crippen LogP contribution in [0.2, 0.25) is 0 Å². The minimum Gasteiger partial charge on any atom is -0.326 e. The van der Waals surface area contributed by atoms with Gasteiger partial charge in [-0.25, -0.2) is 8.42 Å². The normalized spacial score (nSPS) is 13.2. The van der Waals surface area contributed by atoms with Crippen molar-refractivity contribution < 1.29 is 18.0 Å². The van der Waals surface area contributed by atoms with Gasteiger partial charge < -0.3 is 10.6 Å². The van der Waals surface area contributed by atoms with Gasteiger partial charge in [0.2, 0.25) is 15.9 Å². The van der Waals surface area contributed by atoms with Crippen molar-refractivity contribution in [1.29, 1.82) is 0 Å². The number of carbonyl (C=O) groups is 2. The van der Waals surface area contributed by atoms with Crippen LogP contribution in [0.3, 0.4) is 0 Å². The number of carbonyl (C=O) groups excluding carboxylic acids is 2. The molecule has 1 heterocycles. The largest absolute Gasteiger partial charge is 0.326 e. The van der Waals surface area contributed by atoms with E-state index in [0.29, 0.717) is 35.6 Å². The average molecular weight is 387 g/mol. The molecule has 1 aliphatic heterocycles. The molecule has 7 nitrogen and oxygen atoms in total. The third kappa shape index (κ3) is 4.11. The number of nitrogens with zero attached hydrogens (tertiary/aromatic N) is 1. The molecule has 27 heavy (non-hydrogen) atoms. The second-order valence-corrected chi connectivity index (χ2v) is 8.46. The van der Waals surface area contributed by atoms with Crippen LogP contribution in [0.4, 0.5) is 17.1 Å². The first kappa shape index (κ1) is 18.9. The van der Waals surface area contributed by atoms with Crippen LogP contribution in [-0.4, -0.2) is 32.5 Å². The molecule has 0 radical (unpaired) electrons. The highest BCUT2D eigenvalue weighted by Gasteiger charge is 2.28. The van der Waals surface area contributed by atoms with Crippen molar-refractivity contribution in [3.05, 3.63) is 53.6 Å². The van der Waals surface area contributed by atoms with Gasteiger partial charge in [0.1, 0.15) is 0 Å². The molecular formula is C19H21N3O4S. The number of fused-ring (bicyclic) bond motifs is 1. The van der Waals surface area contributed by atoms with Gasteiger partial charge >= 0.3 is 0 Å². The van der Waals surface area contributed by atoms with E-state index in [4.69, 9.17) is 0 Å². The molecule has 2 aromatic rings. The molecule has 0 saturated carbocycles. The molecule has 0 fully saturated rings. The predicted octanol–water partition coefficient (Wildman–Crippen LogP) is 2.61. The third-order valence-corrected chi connectivity index (χ3v) is 6.14. The molecule has 0 saturated heterocycles. The summed E-state index contributed by atoms with van der Waals surface area (Å²) in [5.41, 5.74) is 3.21. The smallest absolute Gasteiger partial charge is 0.255 e. The van der Waals surface area contributed by atoms with Gasteiger partial charge in [-0.3, -0.25) is 13.9 Å². The molecule has 2 N–H and O–H groups in total. The first-order valence-electron chi connectivity index (χ1n) is 8.62. The Kier molecular flexibility index (Phi) is 5.18. The van der Waals surface area contributed by atoms with Crippen LogP contribution in [0.15, 0.2) is 42.5 Å². The van der Waals surface area contributed by atoms with Gasteiger partial charge in [0.15, 0.2) is 0 Å². The van der Waals surface area contributed by atoms with Crippen molar-refractivity contribution in [2.24, 2.45) is 0 Å². The average Bonchev–Trinajstić information content (AvgIpc) is 3.07. The van der Waals surface area contributed by atoms with Gasteiger partial charge in [0.25, 0.3) is 5.91 Å². The van der Waals surface area contributed by atoms with E-state index in [1.165, 1.54) is 11.2 Å². The molecule has 0 aliphatic carbocycles. The molecule has 1 aliphatic rings. The van der Waals surface area contributed by atoms with Gasteiger partial charge in [-0.05, 0) is 61.4 Å². The number of anilines is 3. The Hall–Kier alpha value is -2.87. The lowest BCUT2D eigenvalue weighted by molar-refractivity contribution is -0.114. The topological polar surface area (TPSA) is 95.6 Å². The first-order valence-corrected chi connectivity index (χ1v) is 10.2. The van der Waals surface area contributed by atoms with E-state index in [0.717, 1.165) is 5.56 Å². The molecule has 0 bridgehead atoms. The van der Waals surface area contributed by atoms with E-state index >= 15 is 0 Å². The Balaban J connectivity index is 1.74. The van der Waals surface area contributed by atoms with Crippen LogP contribution in [0.5, 0.6) is 0 Å². The highest BCUT2D eigenvalue weighted by atomic mass is 32.2. The number of amides is 2. The van der Waals surface area contributed by atoms with Crippen molar-refractivity contribution in [2.75, 3.05) is 27.2 Å². The van der Waals surface area contributed by atoms with Crippen LogP contribution in [-0.2, 0) is 21.2 Å². The first-order chi connectivity index (χ1) is 12.8. The maximum atomic E-state index is 12.5. The fourth-order valence-corrected chi connectivity index (χ4v) is 4.16. The minimum absolute atomic E-state index is 0.0448. The summed E-state index contributed by atoms with van der Waals surface area (Å²) in [5, 5.41) is 5.46. The highest BCUT2D eigenvalue weighted by Crippen LogP contribution is 2.31. The van der Waals surface area contributed by atoms with Gasteiger partial charge in [-0.2, -0.15) is 0 Å². The summed E-state index contributed by atoms with van der Waals surface area (Å²) in [5.74, 6) is -0.394. The lowest BCUT2D eigenvalue weighted by atomic mass is 10.1. The van der Waals surface area contributed by atoms with Gasteiger partial charge in [0.05, 0.1) is 11.4 Å². The lowest BCUT2D eigenvalue weighted by Crippen LogP contribution is -2.30. The summed E-state index contributed by atoms with van der Waals surface area (Å²) in [6.45, 7) is 3.45. The number of rotatable bonds is 5. The Morgan fingerprint density at radius 3 is 2.26 bits per heavy atom. The summed E-state index contributed by atoms with van der Waals surface area (Å²) in [6, 6.07) is 11.9. The predicted molar refractivity (Wildman–Crippen MR) is 106 cm³/mol. The SMILES string of the molecule is CCS(=O)(=O)N1CCc2cc(C(=O)Nc3ccc(NC(C)=O)cc3)ccc21. The number of sulfonamides is 1. The van der Waals surface area contributed by atoms with Crippen molar-refractivity contribution in [1.82, 2.24) is 0 Å². The molecule has 8 heteroatoms. The van der Waals surface area contributed by atoms with E-state index in [-0.39, 0.29) is 17.6 Å². The number of benzene rings is 2. The van der Waals surface area contributed by atoms with E-state index < -0.39 is 10.0 Å². The highest BCUT2D eigenvalue weighted by molar-refractivity contribution is 7.92. The number of hydrogen-bond acceptors (Lipinski definition) is 4. The minimum atomic E-state index is -3.30. The maximum Gasteiger partial charge on any atom is 0.255 e. The van der Waals surface area contributed by atoms with Crippen LogP contribution < -0.4 is 14.9 Å². The van der Waals surface area contributed by atoms with E-state index in [1.807, 2.05) is 0 Å². The molecule has 142 valence electrons. The monoisotopic (exact) mass is 387 g/mol. The molecular weight excluding hydrogens is 366 g/mol. The fourth-order valence-electron chi connectivity index (χ4n) is 3.00. The molecule has 0 atom stereocenters. The molecule has 0 unspecified atom stereocenters. The Morgan fingerprint density at radius 2 is 1.67 bits per heavy atom. The van der Waals surface area contributed by atoms with Crippen LogP contribution in [0, 0.1) is 0 Å². The van der Waals surface area contributed by atoms with Crippen molar-refractivity contribution in [3.63, 3.8) is 0 Å². The lowest BCUT2D eigenvalue weighted by Gasteiger charge is -2.18. The summed E-state index contributed by atoms with van der Waals surface area (Å²) in [7, 11) is -3.30. The summed E-state index contributed by atoms with van der Waals surface area (Å²) >= 11 is 0. The standard InChI is InChI=1S/C19H21N3O4S/c1-3-27(25,26)22-11-10-14-12-15(4-9-18(14)22)19(24)21-17-7-5-16(6-8-17)20-13(2)23/h4-9,12H,3,10-11H2,1-2H3,(H,20,23)(H,21,24). The van der Waals surface area contributed by atoms with Crippen LogP contribution >= 0.6 is 0 Å². The molecule has 3 rings (SSSR count). The zero-order chi connectivity index (χ0) is 19.6. The number of nitrogens with one attached hydrogen (secondary N) is 2. The van der Waals surface area contributed by atoms with Crippen LogP contribution in [0.1, 0.15) is 29.8 Å². The molecule has 2 amide bonds. The third-order valence-electron chi connectivity index (χ3n) is 4.36. The Labute approximate surface area is 158 Å². The summed E-state index contributed by atoms with van der Waals surface area (Å²) in [4.78, 5) is 23.5. The summed E-state index contributed by atoms with van der Waals surface area (Å²) < 4.78 is 25.7. The van der Waals surface area contributed by atoms with E-state index in [1.54, 1.807) is 49.4 Å². The Bertz CT molecular complexity index is 985. The van der Waals surface area contributed by atoms with Crippen molar-refractivity contribution >= 4 is 38.9 Å². The zero-order valence-electron chi connectivity index (χ0n) is 15.2. The molecule has 0 spiro atoms. The Morgan fingerprint density at radius 1 is 1.04 bits per heavy atom. The van der Waals surface area contributed by atoms with Gasteiger partial charge in [-0.15, -0.1) is 0 Å². The molecule has 0 aromatic heterocycles. The number of hydrogen-bond donors (Lipinski definition) is 2. The fraction of sp³-hybridized carbons (Fsp3) is 0.263. The van der Waals surface area contributed by atoms with E-state index in [9.17, 15) is 18.0 Å². The second kappa shape index (κ2) is 7.40. The summed E-state index contributed by atoms with van der Waals surface area (Å²) in [6.07, 6.45) is 0.584. The maximum absolute atomic E-state index is 12.5. The van der Waals surface area contributed by atoms with Gasteiger partial charge in [-0.1, -0.05) is 0 Å². The second-order valence-electron chi connectivity index (χ2n) is 6.28. The van der Waals surface area contributed by atoms with Crippen molar-refractivity contribution in [3.8, 4) is 0 Å². The van der Waals surface area contributed by atoms with Crippen molar-refractivity contribution in [2.45, 2.75) is 20.3 Å².